The van der Waals surface area contributed by atoms with Crippen molar-refractivity contribution < 1.29 is 9.90 Å². The van der Waals surface area contributed by atoms with Crippen molar-refractivity contribution in [3.8, 4) is 0 Å². The predicted molar refractivity (Wildman–Crippen MR) is 158 cm³/mol. The Kier molecular flexibility index (Phi) is 7.38. The molecule has 2 atom stereocenters. The Bertz CT molecular complexity index is 1290. The van der Waals surface area contributed by atoms with Crippen LogP contribution in [0.3, 0.4) is 0 Å². The van der Waals surface area contributed by atoms with Crippen molar-refractivity contribution in [2.75, 3.05) is 55.3 Å². The fraction of sp³-hybridized carbons (Fsp3) is 0.400. The quantitative estimate of drug-likeness (QED) is 0.351. The minimum absolute atomic E-state index is 0.245. The van der Waals surface area contributed by atoms with E-state index in [4.69, 9.17) is 4.99 Å². The first kappa shape index (κ1) is 26.8. The molecule has 39 heavy (non-hydrogen) atoms. The van der Waals surface area contributed by atoms with Gasteiger partial charge in [0.25, 0.3) is 5.91 Å². The second-order valence-electron chi connectivity index (χ2n) is 11.0. The number of anilines is 3. The lowest BCUT2D eigenvalue weighted by atomic mass is 9.96. The van der Waals surface area contributed by atoms with Crippen LogP contribution < -0.4 is 26.2 Å². The Morgan fingerprint density at radius 1 is 1.13 bits per heavy atom. The Morgan fingerprint density at radius 3 is 2.56 bits per heavy atom. The molecule has 0 aromatic heterocycles. The maximum absolute atomic E-state index is 13.1. The van der Waals surface area contributed by atoms with Crippen molar-refractivity contribution >= 4 is 28.9 Å². The molecular formula is C30H39N7O2. The van der Waals surface area contributed by atoms with Gasteiger partial charge < -0.3 is 36.2 Å². The molecule has 2 aromatic rings. The molecule has 1 saturated heterocycles. The van der Waals surface area contributed by atoms with Crippen molar-refractivity contribution in [3.63, 3.8) is 0 Å². The molecule has 1 fully saturated rings. The monoisotopic (exact) mass is 529 g/mol. The lowest BCUT2D eigenvalue weighted by molar-refractivity contribution is -0.117. The number of nitrogens with one attached hydrogen (secondary N) is 4. The van der Waals surface area contributed by atoms with E-state index in [-0.39, 0.29) is 5.91 Å². The van der Waals surface area contributed by atoms with Gasteiger partial charge in [-0.3, -0.25) is 4.79 Å². The third kappa shape index (κ3) is 5.79. The Labute approximate surface area is 230 Å². The molecule has 0 bridgehead atoms. The molecule has 5 rings (SSSR count). The molecule has 2 heterocycles. The number of benzene rings is 2. The van der Waals surface area contributed by atoms with Gasteiger partial charge in [0.1, 0.15) is 0 Å². The van der Waals surface area contributed by atoms with Crippen LogP contribution in [0.15, 0.2) is 71.9 Å². The van der Waals surface area contributed by atoms with Gasteiger partial charge in [-0.15, -0.1) is 6.58 Å². The van der Waals surface area contributed by atoms with Crippen LogP contribution in [0.2, 0.25) is 0 Å². The maximum atomic E-state index is 13.1. The molecular weight excluding hydrogens is 490 g/mol. The van der Waals surface area contributed by atoms with E-state index in [0.717, 1.165) is 55.1 Å². The first-order valence-electron chi connectivity index (χ1n) is 13.6. The average Bonchev–Trinajstić information content (AvgIpc) is 3.22. The van der Waals surface area contributed by atoms with Crippen LogP contribution in [0.1, 0.15) is 31.4 Å². The molecule has 0 saturated carbocycles. The smallest absolute Gasteiger partial charge is 0.253 e. The van der Waals surface area contributed by atoms with E-state index in [0.29, 0.717) is 24.5 Å². The zero-order valence-electron chi connectivity index (χ0n) is 23.1. The van der Waals surface area contributed by atoms with Crippen molar-refractivity contribution in [1.82, 2.24) is 15.5 Å². The number of hydrogen-bond acceptors (Lipinski definition) is 8. The summed E-state index contributed by atoms with van der Waals surface area (Å²) >= 11 is 0. The number of rotatable bonds is 7. The SMILES string of the molecule is C=CCNC(=O)C1=CNC(Nc2ccc(N3CCN(C)CC3)cc2)=NC1(C)Nc1ccc2c(c1)[C@@](C)(O)CC2. The molecule has 1 amide bonds. The highest BCUT2D eigenvalue weighted by atomic mass is 16.3. The van der Waals surface area contributed by atoms with Crippen LogP contribution in [0.4, 0.5) is 17.1 Å². The van der Waals surface area contributed by atoms with E-state index >= 15 is 0 Å². The number of carbonyl (C=O) groups excluding carboxylic acids is 1. The highest BCUT2D eigenvalue weighted by Crippen LogP contribution is 2.39. The summed E-state index contributed by atoms with van der Waals surface area (Å²) in [7, 11) is 2.15. The highest BCUT2D eigenvalue weighted by Gasteiger charge is 2.38. The number of amides is 1. The summed E-state index contributed by atoms with van der Waals surface area (Å²) in [5, 5.41) is 23.7. The van der Waals surface area contributed by atoms with Crippen LogP contribution >= 0.6 is 0 Å². The molecule has 5 N–H and O–H groups in total. The fourth-order valence-electron chi connectivity index (χ4n) is 5.43. The zero-order chi connectivity index (χ0) is 27.6. The van der Waals surface area contributed by atoms with Crippen LogP contribution in [0.5, 0.6) is 0 Å². The summed E-state index contributed by atoms with van der Waals surface area (Å²) in [4.78, 5) is 22.7. The molecule has 2 aromatic carbocycles. The number of nitrogens with zero attached hydrogens (tertiary/aromatic N) is 3. The predicted octanol–water partition coefficient (Wildman–Crippen LogP) is 2.98. The van der Waals surface area contributed by atoms with E-state index in [9.17, 15) is 9.90 Å². The van der Waals surface area contributed by atoms with E-state index in [1.165, 1.54) is 5.69 Å². The van der Waals surface area contributed by atoms with Crippen LogP contribution in [0.25, 0.3) is 0 Å². The molecule has 1 aliphatic carbocycles. The topological polar surface area (TPSA) is 104 Å². The van der Waals surface area contributed by atoms with Crippen LogP contribution in [-0.2, 0) is 16.8 Å². The number of fused-ring (bicyclic) bond motifs is 1. The van der Waals surface area contributed by atoms with E-state index in [1.54, 1.807) is 12.3 Å². The van der Waals surface area contributed by atoms with Crippen molar-refractivity contribution in [2.45, 2.75) is 38.0 Å². The van der Waals surface area contributed by atoms with E-state index in [1.807, 2.05) is 44.2 Å². The summed E-state index contributed by atoms with van der Waals surface area (Å²) in [6.45, 7) is 11.9. The van der Waals surface area contributed by atoms with Gasteiger partial charge in [0.2, 0.25) is 5.96 Å². The number of hydrogen-bond donors (Lipinski definition) is 5. The maximum Gasteiger partial charge on any atom is 0.253 e. The van der Waals surface area contributed by atoms with E-state index < -0.39 is 11.3 Å². The minimum atomic E-state index is -1.07. The van der Waals surface area contributed by atoms with Crippen molar-refractivity contribution in [3.05, 3.63) is 78.0 Å². The number of aliphatic hydroxyl groups is 1. The molecule has 2 aliphatic heterocycles. The van der Waals surface area contributed by atoms with Gasteiger partial charge in [-0.25, -0.2) is 4.99 Å². The lowest BCUT2D eigenvalue weighted by Gasteiger charge is -2.34. The molecule has 0 radical (unpaired) electrons. The number of aliphatic imine (C=N–C) groups is 1. The molecule has 206 valence electrons. The first-order chi connectivity index (χ1) is 18.7. The Balaban J connectivity index is 1.37. The van der Waals surface area contributed by atoms with Gasteiger partial charge in [0.05, 0.1) is 11.2 Å². The Morgan fingerprint density at radius 2 is 1.85 bits per heavy atom. The number of carbonyl (C=O) groups is 1. The van der Waals surface area contributed by atoms with Gasteiger partial charge in [0.15, 0.2) is 5.66 Å². The second kappa shape index (κ2) is 10.7. The van der Waals surface area contributed by atoms with Crippen molar-refractivity contribution in [1.29, 1.82) is 0 Å². The van der Waals surface area contributed by atoms with Crippen LogP contribution in [0, 0.1) is 0 Å². The summed E-state index contributed by atoms with van der Waals surface area (Å²) in [6.07, 6.45) is 4.87. The second-order valence-corrected chi connectivity index (χ2v) is 11.0. The number of aryl methyl sites for hydroxylation is 1. The van der Waals surface area contributed by atoms with Gasteiger partial charge in [-0.2, -0.15) is 0 Å². The molecule has 9 heteroatoms. The third-order valence-corrected chi connectivity index (χ3v) is 7.82. The molecule has 3 aliphatic rings. The number of guanidine groups is 1. The third-order valence-electron chi connectivity index (χ3n) is 7.82. The average molecular weight is 530 g/mol. The largest absolute Gasteiger partial charge is 0.385 e. The van der Waals surface area contributed by atoms with Gasteiger partial charge in [0, 0.05) is 56.0 Å². The standard InChI is InChI=1S/C30H39N7O2/c1-5-14-31-27(38)26-20-32-28(33-22-8-10-24(11-9-22)37-17-15-36(4)16-18-37)35-30(26,3)34-23-7-6-21-12-13-29(2,39)25(21)19-23/h5-11,19-20,34,39H,1,12-18H2,2-4H3,(H,31,38)(H2,32,33,35)/t29-,30?/m0/s1. The molecule has 1 unspecified atom stereocenters. The Hall–Kier alpha value is -3.82. The summed E-state index contributed by atoms with van der Waals surface area (Å²) in [6, 6.07) is 14.3. The minimum Gasteiger partial charge on any atom is -0.385 e. The molecule has 9 nitrogen and oxygen atoms in total. The number of piperazine rings is 1. The zero-order valence-corrected chi connectivity index (χ0v) is 23.1. The fourth-order valence-corrected chi connectivity index (χ4v) is 5.43. The summed E-state index contributed by atoms with van der Waals surface area (Å²) < 4.78 is 0. The summed E-state index contributed by atoms with van der Waals surface area (Å²) in [5.41, 5.74) is 3.43. The van der Waals surface area contributed by atoms with Gasteiger partial charge in [-0.1, -0.05) is 12.1 Å². The number of likely N-dealkylation sites (N-methyl/N-ethyl adjacent to an activating group) is 1. The van der Waals surface area contributed by atoms with Crippen LogP contribution in [-0.4, -0.2) is 67.3 Å². The normalized spacial score (nSPS) is 24.7. The van der Waals surface area contributed by atoms with E-state index in [2.05, 4.69) is 56.8 Å². The molecule has 0 spiro atoms. The van der Waals surface area contributed by atoms with Crippen molar-refractivity contribution in [2.24, 2.45) is 4.99 Å². The van der Waals surface area contributed by atoms with Gasteiger partial charge in [-0.05, 0) is 81.3 Å². The van der Waals surface area contributed by atoms with Gasteiger partial charge >= 0.3 is 0 Å². The summed E-state index contributed by atoms with van der Waals surface area (Å²) in [5.74, 6) is 0.274. The highest BCUT2D eigenvalue weighted by molar-refractivity contribution is 6.02. The lowest BCUT2D eigenvalue weighted by Crippen LogP contribution is -2.48. The first-order valence-corrected chi connectivity index (χ1v) is 13.6.